The fraction of sp³-hybridized carbons (Fsp3) is 0.381. The molecule has 0 aliphatic carbocycles. The number of ether oxygens (including phenoxy) is 2. The molecule has 1 aromatic heterocycles. The van der Waals surface area contributed by atoms with Crippen molar-refractivity contribution in [1.82, 2.24) is 4.98 Å². The number of pyridine rings is 1. The van der Waals surface area contributed by atoms with E-state index < -0.39 is 25.2 Å². The lowest BCUT2D eigenvalue weighted by molar-refractivity contribution is 0.356. The van der Waals surface area contributed by atoms with Crippen LogP contribution in [0.1, 0.15) is 0 Å². The summed E-state index contributed by atoms with van der Waals surface area (Å²) in [7, 11) is -3.34. The molecule has 9 heteroatoms. The molecule has 2 N–H and O–H groups in total. The molecular formula is C21H30N2O4Si3. The molecule has 0 atom stereocenters. The molecule has 3 aromatic rings. The quantitative estimate of drug-likeness (QED) is 0.467. The van der Waals surface area contributed by atoms with Crippen LogP contribution >= 0.6 is 0 Å². The molecule has 1 aliphatic rings. The zero-order valence-electron chi connectivity index (χ0n) is 19.0. The first-order valence-electron chi connectivity index (χ1n) is 10.1. The number of nitrogens with zero attached hydrogens (tertiary/aromatic N) is 1. The van der Waals surface area contributed by atoms with Gasteiger partial charge in [0.05, 0.1) is 30.9 Å². The van der Waals surface area contributed by atoms with Crippen molar-refractivity contribution in [1.29, 1.82) is 0 Å². The van der Waals surface area contributed by atoms with Gasteiger partial charge in [0.1, 0.15) is 0 Å². The fourth-order valence-corrected chi connectivity index (χ4v) is 20.2. The lowest BCUT2D eigenvalue weighted by atomic mass is 10.1. The van der Waals surface area contributed by atoms with Gasteiger partial charge in [-0.15, -0.1) is 0 Å². The van der Waals surface area contributed by atoms with Crippen LogP contribution in [0.25, 0.3) is 21.8 Å². The predicted molar refractivity (Wildman–Crippen MR) is 131 cm³/mol. The van der Waals surface area contributed by atoms with Crippen LogP contribution in [-0.2, 0) is 8.23 Å². The lowest BCUT2D eigenvalue weighted by Gasteiger charge is -2.33. The van der Waals surface area contributed by atoms with Crippen molar-refractivity contribution in [2.24, 2.45) is 0 Å². The molecule has 0 saturated carbocycles. The highest BCUT2D eigenvalue weighted by molar-refractivity contribution is 7.03. The van der Waals surface area contributed by atoms with Gasteiger partial charge in [-0.2, -0.15) is 0 Å². The second kappa shape index (κ2) is 6.79. The van der Waals surface area contributed by atoms with Crippen molar-refractivity contribution >= 4 is 63.1 Å². The highest BCUT2D eigenvalue weighted by Crippen LogP contribution is 2.37. The molecule has 0 radical (unpaired) electrons. The summed E-state index contributed by atoms with van der Waals surface area (Å²) in [5, 5.41) is 4.36. The van der Waals surface area contributed by atoms with Crippen molar-refractivity contribution in [2.45, 2.75) is 39.3 Å². The third-order valence-corrected chi connectivity index (χ3v) is 17.4. The number of nitrogen functional groups attached to an aromatic ring is 1. The first-order valence-corrected chi connectivity index (χ1v) is 18.7. The number of anilines is 1. The van der Waals surface area contributed by atoms with Crippen molar-refractivity contribution in [2.75, 3.05) is 20.0 Å². The SMILES string of the molecule is COc1cc2nc3cc4c(cc3c(N)c2cc1OC)[Si](C)(C)O[Si](C)(C)O[Si]4(C)C. The fourth-order valence-electron chi connectivity index (χ4n) is 4.70. The van der Waals surface area contributed by atoms with Crippen LogP contribution in [0.2, 0.25) is 39.3 Å². The summed E-state index contributed by atoms with van der Waals surface area (Å²) < 4.78 is 24.3. The maximum absolute atomic E-state index is 6.68. The van der Waals surface area contributed by atoms with Crippen molar-refractivity contribution in [3.63, 3.8) is 0 Å². The van der Waals surface area contributed by atoms with Crippen molar-refractivity contribution in [3.05, 3.63) is 24.3 Å². The second-order valence-corrected chi connectivity index (χ2v) is 20.8. The lowest BCUT2D eigenvalue weighted by Crippen LogP contribution is -2.57. The molecule has 2 aromatic carbocycles. The Morgan fingerprint density at radius 2 is 1.20 bits per heavy atom. The molecule has 0 unspecified atom stereocenters. The molecule has 1 aliphatic heterocycles. The Morgan fingerprint density at radius 1 is 0.733 bits per heavy atom. The second-order valence-electron chi connectivity index (χ2n) is 9.29. The van der Waals surface area contributed by atoms with Gasteiger partial charge in [-0.1, -0.05) is 0 Å². The third kappa shape index (κ3) is 3.34. The zero-order valence-corrected chi connectivity index (χ0v) is 22.0. The number of nitrogens with two attached hydrogens (primary N) is 1. The van der Waals surface area contributed by atoms with Gasteiger partial charge in [-0.3, -0.25) is 0 Å². The van der Waals surface area contributed by atoms with Crippen LogP contribution in [0.4, 0.5) is 5.69 Å². The van der Waals surface area contributed by atoms with Crippen LogP contribution in [0, 0.1) is 0 Å². The summed E-state index contributed by atoms with van der Waals surface area (Å²) in [5.41, 5.74) is 9.04. The molecule has 0 amide bonds. The number of methoxy groups -OCH3 is 2. The molecule has 160 valence electrons. The van der Waals surface area contributed by atoms with Gasteiger partial charge >= 0.3 is 8.56 Å². The highest BCUT2D eigenvalue weighted by atomic mass is 28.5. The van der Waals surface area contributed by atoms with E-state index in [1.54, 1.807) is 14.2 Å². The van der Waals surface area contributed by atoms with Gasteiger partial charge < -0.3 is 23.4 Å². The summed E-state index contributed by atoms with van der Waals surface area (Å²) in [4.78, 5) is 4.95. The van der Waals surface area contributed by atoms with Crippen molar-refractivity contribution < 1.29 is 17.7 Å². The Hall–Kier alpha value is -1.92. The van der Waals surface area contributed by atoms with E-state index in [2.05, 4.69) is 51.4 Å². The number of rotatable bonds is 2. The molecule has 4 rings (SSSR count). The van der Waals surface area contributed by atoms with Gasteiger partial charge in [0.25, 0.3) is 0 Å². The van der Waals surface area contributed by atoms with Gasteiger partial charge in [0.15, 0.2) is 11.5 Å². The van der Waals surface area contributed by atoms with E-state index in [4.69, 9.17) is 28.4 Å². The molecule has 0 saturated heterocycles. The molecular weight excluding hydrogens is 428 g/mol. The molecule has 30 heavy (non-hydrogen) atoms. The predicted octanol–water partition coefficient (Wildman–Crippen LogP) is 3.56. The average Bonchev–Trinajstić information content (AvgIpc) is 2.69. The Balaban J connectivity index is 2.08. The largest absolute Gasteiger partial charge is 0.493 e. The smallest absolute Gasteiger partial charge is 0.311 e. The Kier molecular flexibility index (Phi) is 4.83. The minimum atomic E-state index is -2.23. The monoisotopic (exact) mass is 458 g/mol. The Bertz CT molecular complexity index is 1180. The van der Waals surface area contributed by atoms with Gasteiger partial charge in [-0.05, 0) is 67.9 Å². The normalized spacial score (nSPS) is 19.3. The highest BCUT2D eigenvalue weighted by Gasteiger charge is 2.47. The molecule has 0 spiro atoms. The molecule has 0 fully saturated rings. The maximum atomic E-state index is 6.68. The average molecular weight is 459 g/mol. The van der Waals surface area contributed by atoms with Gasteiger partial charge in [-0.25, -0.2) is 4.98 Å². The van der Waals surface area contributed by atoms with Crippen LogP contribution in [0.5, 0.6) is 11.5 Å². The van der Waals surface area contributed by atoms with E-state index in [-0.39, 0.29) is 0 Å². The van der Waals surface area contributed by atoms with Crippen LogP contribution in [-0.4, -0.2) is 44.4 Å². The van der Waals surface area contributed by atoms with Crippen LogP contribution in [0.15, 0.2) is 24.3 Å². The maximum Gasteiger partial charge on any atom is 0.311 e. The number of hydrogen-bond donors (Lipinski definition) is 1. The first-order chi connectivity index (χ1) is 13.9. The number of fused-ring (bicyclic) bond motifs is 3. The number of hydrogen-bond acceptors (Lipinski definition) is 6. The van der Waals surface area contributed by atoms with Crippen LogP contribution in [0.3, 0.4) is 0 Å². The Labute approximate surface area is 180 Å². The number of aromatic nitrogens is 1. The third-order valence-electron chi connectivity index (χ3n) is 5.76. The summed E-state index contributed by atoms with van der Waals surface area (Å²) in [6, 6.07) is 8.19. The Morgan fingerprint density at radius 3 is 1.77 bits per heavy atom. The topological polar surface area (TPSA) is 75.8 Å². The van der Waals surface area contributed by atoms with Crippen LogP contribution < -0.4 is 25.6 Å². The van der Waals surface area contributed by atoms with E-state index in [0.29, 0.717) is 17.2 Å². The summed E-state index contributed by atoms with van der Waals surface area (Å²) in [5.74, 6) is 1.28. The van der Waals surface area contributed by atoms with Crippen molar-refractivity contribution in [3.8, 4) is 11.5 Å². The zero-order chi connectivity index (χ0) is 22.1. The summed E-state index contributed by atoms with van der Waals surface area (Å²) in [6.45, 7) is 13.3. The standard InChI is InChI=1S/C21H30N2O4Si3/c1-24-17-9-13-15(11-18(17)25-2)23-16-12-20-19(10-14(16)21(13)22)28(3,4)26-30(7,8)27-29(20,5)6/h9-12H,1-8H3,(H2,22,23). The van der Waals surface area contributed by atoms with E-state index in [9.17, 15) is 0 Å². The minimum Gasteiger partial charge on any atom is -0.493 e. The summed E-state index contributed by atoms with van der Waals surface area (Å²) in [6.07, 6.45) is 0. The van der Waals surface area contributed by atoms with E-state index >= 15 is 0 Å². The first kappa shape index (κ1) is 21.3. The minimum absolute atomic E-state index is 0.638. The van der Waals surface area contributed by atoms with Gasteiger partial charge in [0.2, 0.25) is 16.6 Å². The van der Waals surface area contributed by atoms with E-state index in [1.807, 2.05) is 12.1 Å². The summed E-state index contributed by atoms with van der Waals surface area (Å²) >= 11 is 0. The molecule has 6 nitrogen and oxygen atoms in total. The number of benzene rings is 2. The van der Waals surface area contributed by atoms with E-state index in [1.165, 1.54) is 10.4 Å². The van der Waals surface area contributed by atoms with E-state index in [0.717, 1.165) is 21.8 Å². The molecule has 0 bridgehead atoms. The van der Waals surface area contributed by atoms with Gasteiger partial charge in [0, 0.05) is 16.8 Å². The molecule has 2 heterocycles.